The van der Waals surface area contributed by atoms with Gasteiger partial charge in [0.25, 0.3) is 11.8 Å². The van der Waals surface area contributed by atoms with Crippen molar-refractivity contribution in [2.45, 2.75) is 46.3 Å². The number of ether oxygens (including phenoxy) is 1. The molecule has 2 amide bonds. The van der Waals surface area contributed by atoms with Crippen LogP contribution >= 0.6 is 12.2 Å². The molecule has 6 nitrogen and oxygen atoms in total. The Balaban J connectivity index is 1.97. The average molecular weight is 414 g/mol. The van der Waals surface area contributed by atoms with Crippen molar-refractivity contribution in [1.29, 1.82) is 0 Å². The lowest BCUT2D eigenvalue weighted by Crippen LogP contribution is -2.34. The first kappa shape index (κ1) is 22.4. The van der Waals surface area contributed by atoms with E-state index in [1.807, 2.05) is 33.8 Å². The molecular formula is C22H27N3O3S. The zero-order valence-electron chi connectivity index (χ0n) is 17.1. The Morgan fingerprint density at radius 2 is 1.66 bits per heavy atom. The molecule has 0 spiro atoms. The lowest BCUT2D eigenvalue weighted by molar-refractivity contribution is 0.0937. The summed E-state index contributed by atoms with van der Waals surface area (Å²) in [4.78, 5) is 24.7. The number of carbonyl (C=O) groups is 2. The number of carbonyl (C=O) groups excluding carboxylic acids is 2. The summed E-state index contributed by atoms with van der Waals surface area (Å²) in [5.41, 5.74) is 1.63. The van der Waals surface area contributed by atoms with Crippen LogP contribution in [0, 0.1) is 0 Å². The normalized spacial score (nSPS) is 11.5. The molecule has 7 heteroatoms. The predicted molar refractivity (Wildman–Crippen MR) is 120 cm³/mol. The Morgan fingerprint density at radius 1 is 1.00 bits per heavy atom. The van der Waals surface area contributed by atoms with E-state index in [9.17, 15) is 9.59 Å². The van der Waals surface area contributed by atoms with Gasteiger partial charge >= 0.3 is 0 Å². The quantitative estimate of drug-likeness (QED) is 0.595. The zero-order valence-corrected chi connectivity index (χ0v) is 17.9. The van der Waals surface area contributed by atoms with Crippen LogP contribution in [0.15, 0.2) is 48.5 Å². The molecule has 2 aromatic carbocycles. The van der Waals surface area contributed by atoms with E-state index in [1.54, 1.807) is 42.5 Å². The number of anilines is 1. The van der Waals surface area contributed by atoms with Crippen LogP contribution < -0.4 is 20.7 Å². The molecule has 154 valence electrons. The summed E-state index contributed by atoms with van der Waals surface area (Å²) in [6.07, 6.45) is 0.815. The molecule has 0 saturated carbocycles. The molecule has 29 heavy (non-hydrogen) atoms. The maximum absolute atomic E-state index is 12.6. The topological polar surface area (TPSA) is 79.5 Å². The fourth-order valence-electron chi connectivity index (χ4n) is 2.46. The van der Waals surface area contributed by atoms with Crippen molar-refractivity contribution in [3.05, 3.63) is 59.7 Å². The summed E-state index contributed by atoms with van der Waals surface area (Å²) in [6, 6.07) is 14.0. The maximum Gasteiger partial charge on any atom is 0.261 e. The number of nitrogens with one attached hydrogen (secondary N) is 3. The summed E-state index contributed by atoms with van der Waals surface area (Å²) in [7, 11) is 0. The van der Waals surface area contributed by atoms with Gasteiger partial charge in [0, 0.05) is 17.3 Å². The second kappa shape index (κ2) is 10.6. The standard InChI is InChI=1S/C22H27N3O3S/c1-5-15(4)23-20(26)16-10-12-17(13-11-16)24-22(29)25-21(27)18-8-6-7-9-19(18)28-14(2)3/h6-15H,5H2,1-4H3,(H,23,26)(H2,24,25,27,29). The van der Waals surface area contributed by atoms with Crippen LogP contribution in [0.3, 0.4) is 0 Å². The first-order chi connectivity index (χ1) is 13.8. The molecule has 0 radical (unpaired) electrons. The minimum atomic E-state index is -0.358. The number of thiocarbonyl (C=S) groups is 1. The van der Waals surface area contributed by atoms with E-state index in [2.05, 4.69) is 16.0 Å². The summed E-state index contributed by atoms with van der Waals surface area (Å²) in [5.74, 6) is 0.0197. The highest BCUT2D eigenvalue weighted by Gasteiger charge is 2.15. The molecule has 0 aliphatic rings. The second-order valence-electron chi connectivity index (χ2n) is 6.93. The van der Waals surface area contributed by atoms with Crippen LogP contribution in [0.2, 0.25) is 0 Å². The van der Waals surface area contributed by atoms with Crippen LogP contribution in [0.1, 0.15) is 54.8 Å². The SMILES string of the molecule is CCC(C)NC(=O)c1ccc(NC(=S)NC(=O)c2ccccc2OC(C)C)cc1. The molecule has 2 aromatic rings. The number of hydrogen-bond donors (Lipinski definition) is 3. The van der Waals surface area contributed by atoms with Gasteiger partial charge in [0.15, 0.2) is 5.11 Å². The van der Waals surface area contributed by atoms with E-state index in [0.29, 0.717) is 22.6 Å². The third-order valence-corrected chi connectivity index (χ3v) is 4.32. The molecule has 2 rings (SSSR count). The fourth-order valence-corrected chi connectivity index (χ4v) is 2.67. The van der Waals surface area contributed by atoms with Crippen LogP contribution in [0.4, 0.5) is 5.69 Å². The number of rotatable bonds is 7. The number of hydrogen-bond acceptors (Lipinski definition) is 4. The molecule has 0 aliphatic carbocycles. The molecule has 1 unspecified atom stereocenters. The van der Waals surface area contributed by atoms with Crippen LogP contribution in [-0.2, 0) is 0 Å². The molecule has 1 atom stereocenters. The van der Waals surface area contributed by atoms with E-state index in [4.69, 9.17) is 17.0 Å². The fraction of sp³-hybridized carbons (Fsp3) is 0.318. The largest absolute Gasteiger partial charge is 0.490 e. The first-order valence-electron chi connectivity index (χ1n) is 9.59. The van der Waals surface area contributed by atoms with Gasteiger partial charge < -0.3 is 15.4 Å². The Bertz CT molecular complexity index is 866. The molecule has 0 aromatic heterocycles. The van der Waals surface area contributed by atoms with E-state index in [0.717, 1.165) is 6.42 Å². The van der Waals surface area contributed by atoms with Crippen molar-refractivity contribution in [3.8, 4) is 5.75 Å². The van der Waals surface area contributed by atoms with Gasteiger partial charge in [-0.2, -0.15) is 0 Å². The van der Waals surface area contributed by atoms with Crippen molar-refractivity contribution in [3.63, 3.8) is 0 Å². The Morgan fingerprint density at radius 3 is 2.28 bits per heavy atom. The van der Waals surface area contributed by atoms with Crippen molar-refractivity contribution in [2.24, 2.45) is 0 Å². The van der Waals surface area contributed by atoms with Crippen molar-refractivity contribution in [2.75, 3.05) is 5.32 Å². The van der Waals surface area contributed by atoms with Gasteiger partial charge in [0.2, 0.25) is 0 Å². The van der Waals surface area contributed by atoms with Gasteiger partial charge in [0.05, 0.1) is 11.7 Å². The van der Waals surface area contributed by atoms with Gasteiger partial charge in [-0.25, -0.2) is 0 Å². The minimum Gasteiger partial charge on any atom is -0.490 e. The van der Waals surface area contributed by atoms with E-state index >= 15 is 0 Å². The van der Waals surface area contributed by atoms with Crippen molar-refractivity contribution in [1.82, 2.24) is 10.6 Å². The van der Waals surface area contributed by atoms with E-state index in [-0.39, 0.29) is 29.1 Å². The van der Waals surface area contributed by atoms with Gasteiger partial charge in [0.1, 0.15) is 5.75 Å². The number of para-hydroxylation sites is 1. The van der Waals surface area contributed by atoms with Gasteiger partial charge in [-0.05, 0) is 75.8 Å². The van der Waals surface area contributed by atoms with Gasteiger partial charge in [-0.3, -0.25) is 14.9 Å². The molecule has 0 fully saturated rings. The van der Waals surface area contributed by atoms with Crippen LogP contribution in [-0.4, -0.2) is 29.1 Å². The van der Waals surface area contributed by atoms with Crippen molar-refractivity contribution < 1.29 is 14.3 Å². The molecular weight excluding hydrogens is 386 g/mol. The predicted octanol–water partition coefficient (Wildman–Crippen LogP) is 4.13. The smallest absolute Gasteiger partial charge is 0.261 e. The van der Waals surface area contributed by atoms with Gasteiger partial charge in [-0.1, -0.05) is 19.1 Å². The Kier molecular flexibility index (Phi) is 8.15. The summed E-state index contributed by atoms with van der Waals surface area (Å²) in [5, 5.41) is 8.67. The zero-order chi connectivity index (χ0) is 21.4. The third-order valence-electron chi connectivity index (χ3n) is 4.12. The number of benzene rings is 2. The average Bonchev–Trinajstić information content (AvgIpc) is 2.68. The highest BCUT2D eigenvalue weighted by Crippen LogP contribution is 2.19. The number of amides is 2. The van der Waals surface area contributed by atoms with E-state index in [1.165, 1.54) is 0 Å². The molecule has 0 aliphatic heterocycles. The maximum atomic E-state index is 12.6. The third kappa shape index (κ3) is 6.87. The molecule has 0 bridgehead atoms. The van der Waals surface area contributed by atoms with Gasteiger partial charge in [-0.15, -0.1) is 0 Å². The molecule has 0 heterocycles. The van der Waals surface area contributed by atoms with Crippen molar-refractivity contribution >= 4 is 34.8 Å². The molecule has 0 saturated heterocycles. The first-order valence-corrected chi connectivity index (χ1v) is 10.00. The summed E-state index contributed by atoms with van der Waals surface area (Å²) >= 11 is 5.24. The lowest BCUT2D eigenvalue weighted by atomic mass is 10.1. The Hall–Kier alpha value is -2.93. The minimum absolute atomic E-state index is 0.0509. The highest BCUT2D eigenvalue weighted by molar-refractivity contribution is 7.80. The van der Waals surface area contributed by atoms with Crippen LogP contribution in [0.5, 0.6) is 5.75 Å². The summed E-state index contributed by atoms with van der Waals surface area (Å²) in [6.45, 7) is 7.77. The van der Waals surface area contributed by atoms with E-state index < -0.39 is 0 Å². The van der Waals surface area contributed by atoms with Crippen LogP contribution in [0.25, 0.3) is 0 Å². The second-order valence-corrected chi connectivity index (χ2v) is 7.34. The summed E-state index contributed by atoms with van der Waals surface area (Å²) < 4.78 is 5.67. The Labute approximate surface area is 177 Å². The monoisotopic (exact) mass is 413 g/mol. The molecule has 3 N–H and O–H groups in total. The highest BCUT2D eigenvalue weighted by atomic mass is 32.1. The lowest BCUT2D eigenvalue weighted by Gasteiger charge is -2.15.